The average molecular weight is 417 g/mol. The highest BCUT2D eigenvalue weighted by molar-refractivity contribution is 7.89. The second kappa shape index (κ2) is 8.30. The zero-order chi connectivity index (χ0) is 20.4. The normalized spacial score (nSPS) is 20.9. The maximum atomic E-state index is 12.8. The molecule has 2 aromatic rings. The third-order valence-corrected chi connectivity index (χ3v) is 7.75. The van der Waals surface area contributed by atoms with Crippen LogP contribution in [0.4, 0.5) is 5.69 Å². The van der Waals surface area contributed by atoms with Gasteiger partial charge in [0.1, 0.15) is 0 Å². The lowest BCUT2D eigenvalue weighted by Gasteiger charge is -2.24. The molecule has 7 nitrogen and oxygen atoms in total. The summed E-state index contributed by atoms with van der Waals surface area (Å²) < 4.78 is 29.1. The van der Waals surface area contributed by atoms with E-state index in [1.807, 2.05) is 19.3 Å². The molecule has 1 aromatic heterocycles. The molecule has 0 radical (unpaired) electrons. The van der Waals surface area contributed by atoms with Crippen LogP contribution in [0.5, 0.6) is 0 Å². The van der Waals surface area contributed by atoms with Crippen molar-refractivity contribution < 1.29 is 13.2 Å². The minimum Gasteiger partial charge on any atom is -0.353 e. The lowest BCUT2D eigenvalue weighted by atomic mass is 10.1. The first kappa shape index (κ1) is 20.1. The molecule has 1 atom stereocenters. The number of nitrogens with one attached hydrogen (secondary N) is 1. The summed E-state index contributed by atoms with van der Waals surface area (Å²) in [6, 6.07) is 10.9. The van der Waals surface area contributed by atoms with Crippen LogP contribution in [0.1, 0.15) is 37.4 Å². The molecule has 2 aliphatic heterocycles. The summed E-state index contributed by atoms with van der Waals surface area (Å²) in [6.45, 7) is 2.30. The minimum atomic E-state index is -3.49. The van der Waals surface area contributed by atoms with E-state index in [1.54, 1.807) is 24.3 Å². The molecule has 1 amide bonds. The van der Waals surface area contributed by atoms with E-state index in [9.17, 15) is 13.2 Å². The molecule has 1 unspecified atom stereocenters. The number of aromatic nitrogens is 1. The molecule has 0 saturated carbocycles. The van der Waals surface area contributed by atoms with Gasteiger partial charge in [0.25, 0.3) is 0 Å². The first-order valence-corrected chi connectivity index (χ1v) is 11.6. The number of anilines is 1. The predicted molar refractivity (Wildman–Crippen MR) is 112 cm³/mol. The number of nitrogens with zero attached hydrogens (tertiary/aromatic N) is 3. The van der Waals surface area contributed by atoms with Gasteiger partial charge < -0.3 is 9.88 Å². The van der Waals surface area contributed by atoms with Gasteiger partial charge in [0.2, 0.25) is 15.9 Å². The van der Waals surface area contributed by atoms with Gasteiger partial charge >= 0.3 is 0 Å². The van der Waals surface area contributed by atoms with Crippen molar-refractivity contribution in [2.75, 3.05) is 31.5 Å². The zero-order valence-electron chi connectivity index (χ0n) is 16.8. The lowest BCUT2D eigenvalue weighted by molar-refractivity contribution is -0.117. The van der Waals surface area contributed by atoms with E-state index in [-0.39, 0.29) is 16.8 Å². The third-order valence-electron chi connectivity index (χ3n) is 5.86. The topological polar surface area (TPSA) is 74.6 Å². The Labute approximate surface area is 172 Å². The first-order valence-electron chi connectivity index (χ1n) is 10.2. The number of amides is 1. The van der Waals surface area contributed by atoms with Crippen LogP contribution in [0.25, 0.3) is 0 Å². The van der Waals surface area contributed by atoms with Gasteiger partial charge in [0.05, 0.1) is 17.5 Å². The molecule has 3 heterocycles. The molecular weight excluding hydrogens is 388 g/mol. The van der Waals surface area contributed by atoms with E-state index in [2.05, 4.69) is 20.9 Å². The number of hydrogen-bond acceptors (Lipinski definition) is 4. The Hall–Kier alpha value is -2.16. The van der Waals surface area contributed by atoms with Crippen molar-refractivity contribution in [3.8, 4) is 0 Å². The molecule has 2 fully saturated rings. The van der Waals surface area contributed by atoms with Gasteiger partial charge in [0.15, 0.2) is 0 Å². The number of hydrogen-bond donors (Lipinski definition) is 1. The highest BCUT2D eigenvalue weighted by Crippen LogP contribution is 2.31. The third kappa shape index (κ3) is 4.24. The van der Waals surface area contributed by atoms with Crippen LogP contribution in [0.15, 0.2) is 47.5 Å². The SMILES string of the molecule is Cn1cccc1C1CCCN1CC(=O)Nc1cccc(S(=O)(=O)N2CCCC2)c1. The Balaban J connectivity index is 1.43. The van der Waals surface area contributed by atoms with Gasteiger partial charge in [-0.2, -0.15) is 4.31 Å². The van der Waals surface area contributed by atoms with Crippen LogP contribution in [-0.2, 0) is 21.9 Å². The second-order valence-electron chi connectivity index (χ2n) is 7.86. The molecular formula is C21H28N4O3S. The molecule has 0 spiro atoms. The predicted octanol–water partition coefficient (Wildman–Crippen LogP) is 2.59. The summed E-state index contributed by atoms with van der Waals surface area (Å²) in [4.78, 5) is 15.1. The van der Waals surface area contributed by atoms with Gasteiger partial charge in [0, 0.05) is 37.7 Å². The summed E-state index contributed by atoms with van der Waals surface area (Å²) in [6.07, 6.45) is 5.92. The van der Waals surface area contributed by atoms with Crippen LogP contribution in [0.3, 0.4) is 0 Å². The van der Waals surface area contributed by atoms with Crippen LogP contribution in [0, 0.1) is 0 Å². The molecule has 1 N–H and O–H groups in total. The largest absolute Gasteiger partial charge is 0.353 e. The van der Waals surface area contributed by atoms with E-state index in [1.165, 1.54) is 10.00 Å². The van der Waals surface area contributed by atoms with Crippen LogP contribution >= 0.6 is 0 Å². The van der Waals surface area contributed by atoms with Crippen molar-refractivity contribution in [1.82, 2.24) is 13.8 Å². The highest BCUT2D eigenvalue weighted by Gasteiger charge is 2.30. The molecule has 0 aliphatic carbocycles. The summed E-state index contributed by atoms with van der Waals surface area (Å²) in [7, 11) is -1.47. The highest BCUT2D eigenvalue weighted by atomic mass is 32.2. The molecule has 1 aromatic carbocycles. The van der Waals surface area contributed by atoms with Gasteiger partial charge in [-0.3, -0.25) is 9.69 Å². The van der Waals surface area contributed by atoms with Crippen molar-refractivity contribution in [2.45, 2.75) is 36.6 Å². The zero-order valence-corrected chi connectivity index (χ0v) is 17.6. The van der Waals surface area contributed by atoms with Crippen LogP contribution in [-0.4, -0.2) is 54.3 Å². The standard InChI is InChI=1S/C21H28N4O3S/c1-23-11-5-9-19(23)20-10-6-12-24(20)16-21(26)22-17-7-4-8-18(15-17)29(27,28)25-13-2-3-14-25/h4-5,7-9,11,15,20H,2-3,6,10,12-14,16H2,1H3,(H,22,26). The lowest BCUT2D eigenvalue weighted by Crippen LogP contribution is -2.33. The molecule has 2 aliphatic rings. The van der Waals surface area contributed by atoms with Crippen molar-refractivity contribution in [2.24, 2.45) is 7.05 Å². The van der Waals surface area contributed by atoms with Crippen molar-refractivity contribution >= 4 is 21.6 Å². The summed E-state index contributed by atoms with van der Waals surface area (Å²) in [5, 5.41) is 2.88. The summed E-state index contributed by atoms with van der Waals surface area (Å²) >= 11 is 0. The fraction of sp³-hybridized carbons (Fsp3) is 0.476. The van der Waals surface area contributed by atoms with E-state index in [0.717, 1.165) is 32.2 Å². The number of benzene rings is 1. The smallest absolute Gasteiger partial charge is 0.243 e. The number of carbonyl (C=O) groups excluding carboxylic acids is 1. The number of aryl methyl sites for hydroxylation is 1. The van der Waals surface area contributed by atoms with Gasteiger partial charge in [-0.15, -0.1) is 0 Å². The van der Waals surface area contributed by atoms with Crippen molar-refractivity contribution in [3.05, 3.63) is 48.3 Å². The Bertz CT molecular complexity index is 979. The Morgan fingerprint density at radius 1 is 1.10 bits per heavy atom. The maximum Gasteiger partial charge on any atom is 0.243 e. The van der Waals surface area contributed by atoms with E-state index >= 15 is 0 Å². The van der Waals surface area contributed by atoms with Gasteiger partial charge in [-0.25, -0.2) is 8.42 Å². The first-order chi connectivity index (χ1) is 13.9. The van der Waals surface area contributed by atoms with Crippen molar-refractivity contribution in [1.29, 1.82) is 0 Å². The molecule has 29 heavy (non-hydrogen) atoms. The summed E-state index contributed by atoms with van der Waals surface area (Å²) in [5.74, 6) is -0.123. The van der Waals surface area contributed by atoms with E-state index in [4.69, 9.17) is 0 Å². The Morgan fingerprint density at radius 3 is 2.62 bits per heavy atom. The van der Waals surface area contributed by atoms with Gasteiger partial charge in [-0.05, 0) is 62.6 Å². The molecule has 2 saturated heterocycles. The number of rotatable bonds is 6. The molecule has 8 heteroatoms. The van der Waals surface area contributed by atoms with Crippen molar-refractivity contribution in [3.63, 3.8) is 0 Å². The van der Waals surface area contributed by atoms with Crippen LogP contribution in [0.2, 0.25) is 0 Å². The maximum absolute atomic E-state index is 12.8. The fourth-order valence-electron chi connectivity index (χ4n) is 4.37. The monoisotopic (exact) mass is 416 g/mol. The molecule has 156 valence electrons. The van der Waals surface area contributed by atoms with E-state index < -0.39 is 10.0 Å². The Morgan fingerprint density at radius 2 is 1.90 bits per heavy atom. The van der Waals surface area contributed by atoms with E-state index in [0.29, 0.717) is 25.3 Å². The number of likely N-dealkylation sites (tertiary alicyclic amines) is 1. The van der Waals surface area contributed by atoms with Crippen LogP contribution < -0.4 is 5.32 Å². The Kier molecular flexibility index (Phi) is 5.76. The molecule has 4 rings (SSSR count). The number of carbonyl (C=O) groups is 1. The second-order valence-corrected chi connectivity index (χ2v) is 9.80. The summed E-state index contributed by atoms with van der Waals surface area (Å²) in [5.41, 5.74) is 1.74. The molecule has 0 bridgehead atoms. The average Bonchev–Trinajstić information content (AvgIpc) is 3.44. The quantitative estimate of drug-likeness (QED) is 0.785. The minimum absolute atomic E-state index is 0.123. The van der Waals surface area contributed by atoms with Gasteiger partial charge in [-0.1, -0.05) is 6.07 Å². The number of sulfonamides is 1. The fourth-order valence-corrected chi connectivity index (χ4v) is 5.93.